The fourth-order valence-corrected chi connectivity index (χ4v) is 3.54. The molecular weight excluding hydrogens is 364 g/mol. The molecule has 1 aliphatic rings. The largest absolute Gasteiger partial charge is 0.486 e. The van der Waals surface area contributed by atoms with E-state index in [1.54, 1.807) is 18.0 Å². The van der Waals surface area contributed by atoms with Gasteiger partial charge < -0.3 is 19.7 Å². The summed E-state index contributed by atoms with van der Waals surface area (Å²) in [5.41, 5.74) is 0.946. The zero-order valence-corrected chi connectivity index (χ0v) is 16.5. The van der Waals surface area contributed by atoms with Gasteiger partial charge in [0.25, 0.3) is 5.91 Å². The number of nitrogens with one attached hydrogen (secondary N) is 1. The molecule has 1 aromatic carbocycles. The number of hydrogen-bond donors (Lipinski definition) is 1. The number of carbonyl (C=O) groups is 2. The van der Waals surface area contributed by atoms with Crippen molar-refractivity contribution in [2.75, 3.05) is 20.3 Å². The predicted octanol–water partition coefficient (Wildman–Crippen LogP) is 2.93. The Balaban J connectivity index is 1.67. The number of carbonyl (C=O) groups excluding carboxylic acids is 2. The molecule has 1 N–H and O–H groups in total. The molecule has 0 radical (unpaired) electrons. The van der Waals surface area contributed by atoms with Gasteiger partial charge in [0, 0.05) is 13.6 Å². The monoisotopic (exact) mass is 388 g/mol. The Morgan fingerprint density at radius 1 is 1.19 bits per heavy atom. The molecule has 144 valence electrons. The van der Waals surface area contributed by atoms with E-state index < -0.39 is 6.04 Å². The summed E-state index contributed by atoms with van der Waals surface area (Å²) in [6, 6.07) is 8.67. The van der Waals surface area contributed by atoms with Crippen LogP contribution < -0.4 is 14.8 Å². The van der Waals surface area contributed by atoms with Crippen LogP contribution in [-0.4, -0.2) is 43.0 Å². The van der Waals surface area contributed by atoms with Gasteiger partial charge in [0.05, 0.1) is 4.88 Å². The van der Waals surface area contributed by atoms with Crippen LogP contribution in [0.25, 0.3) is 0 Å². The molecule has 1 aromatic heterocycles. The third-order valence-corrected chi connectivity index (χ3v) is 5.24. The van der Waals surface area contributed by atoms with Gasteiger partial charge in [0.15, 0.2) is 11.5 Å². The minimum atomic E-state index is -0.582. The summed E-state index contributed by atoms with van der Waals surface area (Å²) in [6.45, 7) is 5.35. The molecule has 0 spiro atoms. The topological polar surface area (TPSA) is 67.9 Å². The Morgan fingerprint density at radius 3 is 2.59 bits per heavy atom. The van der Waals surface area contributed by atoms with Gasteiger partial charge in [-0.15, -0.1) is 11.3 Å². The second-order valence-corrected chi connectivity index (χ2v) is 7.79. The Bertz CT molecular complexity index is 804. The van der Waals surface area contributed by atoms with E-state index in [-0.39, 0.29) is 17.7 Å². The van der Waals surface area contributed by atoms with E-state index in [0.29, 0.717) is 30.4 Å². The van der Waals surface area contributed by atoms with Crippen molar-refractivity contribution in [2.45, 2.75) is 26.4 Å². The smallest absolute Gasteiger partial charge is 0.262 e. The molecule has 7 heteroatoms. The average molecular weight is 388 g/mol. The molecule has 0 bridgehead atoms. The summed E-state index contributed by atoms with van der Waals surface area (Å²) in [7, 11) is 1.74. The standard InChI is InChI=1S/C20H24N2O4S/c1-13(2)18(21-19(23)17-5-4-10-27-17)20(24)22(3)12-14-6-7-15-16(11-14)26-9-8-25-15/h4-7,10-11,13,18H,8-9,12H2,1-3H3,(H,21,23). The van der Waals surface area contributed by atoms with E-state index in [0.717, 1.165) is 11.3 Å². The average Bonchev–Trinajstić information content (AvgIpc) is 3.20. The van der Waals surface area contributed by atoms with Crippen LogP contribution in [0.5, 0.6) is 11.5 Å². The number of nitrogens with zero attached hydrogens (tertiary/aromatic N) is 1. The number of fused-ring (bicyclic) bond motifs is 1. The van der Waals surface area contributed by atoms with Crippen molar-refractivity contribution in [2.24, 2.45) is 5.92 Å². The van der Waals surface area contributed by atoms with Gasteiger partial charge >= 0.3 is 0 Å². The maximum Gasteiger partial charge on any atom is 0.262 e. The first-order valence-corrected chi connectivity index (χ1v) is 9.81. The summed E-state index contributed by atoms with van der Waals surface area (Å²) in [5, 5.41) is 4.71. The molecule has 0 saturated heterocycles. The molecule has 1 aliphatic heterocycles. The van der Waals surface area contributed by atoms with E-state index in [4.69, 9.17) is 9.47 Å². The number of amides is 2. The summed E-state index contributed by atoms with van der Waals surface area (Å²) >= 11 is 1.36. The van der Waals surface area contributed by atoms with Crippen molar-refractivity contribution in [3.63, 3.8) is 0 Å². The molecule has 0 saturated carbocycles. The molecule has 1 atom stereocenters. The van der Waals surface area contributed by atoms with E-state index in [1.165, 1.54) is 11.3 Å². The van der Waals surface area contributed by atoms with Crippen LogP contribution in [0, 0.1) is 5.92 Å². The highest BCUT2D eigenvalue weighted by molar-refractivity contribution is 7.12. The minimum absolute atomic E-state index is 0.0240. The van der Waals surface area contributed by atoms with Gasteiger partial charge in [0.2, 0.25) is 5.91 Å². The maximum absolute atomic E-state index is 12.9. The summed E-state index contributed by atoms with van der Waals surface area (Å²) in [6.07, 6.45) is 0. The van der Waals surface area contributed by atoms with Crippen LogP contribution in [0.1, 0.15) is 29.1 Å². The normalized spacial score (nSPS) is 13.9. The van der Waals surface area contributed by atoms with Crippen LogP contribution in [0.15, 0.2) is 35.7 Å². The molecule has 3 rings (SSSR count). The fourth-order valence-electron chi connectivity index (χ4n) is 2.91. The second-order valence-electron chi connectivity index (χ2n) is 6.84. The maximum atomic E-state index is 12.9. The van der Waals surface area contributed by atoms with Crippen molar-refractivity contribution < 1.29 is 19.1 Å². The summed E-state index contributed by atoms with van der Waals surface area (Å²) in [4.78, 5) is 27.5. The van der Waals surface area contributed by atoms with Crippen LogP contribution in [0.2, 0.25) is 0 Å². The lowest BCUT2D eigenvalue weighted by atomic mass is 10.0. The van der Waals surface area contributed by atoms with Gasteiger partial charge in [-0.1, -0.05) is 26.0 Å². The first-order valence-electron chi connectivity index (χ1n) is 8.93. The second kappa shape index (κ2) is 8.43. The predicted molar refractivity (Wildman–Crippen MR) is 104 cm³/mol. The number of hydrogen-bond acceptors (Lipinski definition) is 5. The number of benzene rings is 1. The zero-order chi connectivity index (χ0) is 19.4. The Kier molecular flexibility index (Phi) is 6.01. The van der Waals surface area contributed by atoms with Crippen LogP contribution in [-0.2, 0) is 11.3 Å². The number of rotatable bonds is 6. The van der Waals surface area contributed by atoms with Crippen LogP contribution >= 0.6 is 11.3 Å². The van der Waals surface area contributed by atoms with Gasteiger partial charge in [-0.2, -0.15) is 0 Å². The van der Waals surface area contributed by atoms with E-state index >= 15 is 0 Å². The minimum Gasteiger partial charge on any atom is -0.486 e. The molecule has 2 aromatic rings. The first kappa shape index (κ1) is 19.2. The Morgan fingerprint density at radius 2 is 1.93 bits per heavy atom. The summed E-state index contributed by atoms with van der Waals surface area (Å²) < 4.78 is 11.1. The van der Waals surface area contributed by atoms with E-state index in [2.05, 4.69) is 5.32 Å². The van der Waals surface area contributed by atoms with E-state index in [9.17, 15) is 9.59 Å². The molecule has 27 heavy (non-hydrogen) atoms. The number of likely N-dealkylation sites (N-methyl/N-ethyl adjacent to an activating group) is 1. The van der Waals surface area contributed by atoms with Crippen molar-refractivity contribution in [1.29, 1.82) is 0 Å². The highest BCUT2D eigenvalue weighted by atomic mass is 32.1. The van der Waals surface area contributed by atoms with Crippen molar-refractivity contribution >= 4 is 23.2 Å². The lowest BCUT2D eigenvalue weighted by molar-refractivity contribution is -0.133. The molecule has 0 aliphatic carbocycles. The van der Waals surface area contributed by atoms with Gasteiger partial charge in [-0.25, -0.2) is 0 Å². The lowest BCUT2D eigenvalue weighted by Crippen LogP contribution is -2.49. The molecule has 0 fully saturated rings. The molecule has 2 heterocycles. The molecule has 2 amide bonds. The third-order valence-electron chi connectivity index (χ3n) is 4.37. The number of thiophene rings is 1. The molecule has 1 unspecified atom stereocenters. The highest BCUT2D eigenvalue weighted by Crippen LogP contribution is 2.31. The summed E-state index contributed by atoms with van der Waals surface area (Å²) in [5.74, 6) is 1.06. The Labute approximate surface area is 163 Å². The zero-order valence-electron chi connectivity index (χ0n) is 15.7. The lowest BCUT2D eigenvalue weighted by Gasteiger charge is -2.27. The highest BCUT2D eigenvalue weighted by Gasteiger charge is 2.28. The van der Waals surface area contributed by atoms with Gasteiger partial charge in [-0.3, -0.25) is 9.59 Å². The van der Waals surface area contributed by atoms with Crippen molar-refractivity contribution in [1.82, 2.24) is 10.2 Å². The quantitative estimate of drug-likeness (QED) is 0.826. The first-order chi connectivity index (χ1) is 13.0. The van der Waals surface area contributed by atoms with Crippen molar-refractivity contribution in [3.8, 4) is 11.5 Å². The van der Waals surface area contributed by atoms with E-state index in [1.807, 2.05) is 43.5 Å². The molecule has 6 nitrogen and oxygen atoms in total. The van der Waals surface area contributed by atoms with Gasteiger partial charge in [-0.05, 0) is 35.1 Å². The molecular formula is C20H24N2O4S. The SMILES string of the molecule is CC(C)C(NC(=O)c1cccs1)C(=O)N(C)Cc1ccc2c(c1)OCCO2. The number of ether oxygens (including phenoxy) is 2. The van der Waals surface area contributed by atoms with Crippen molar-refractivity contribution in [3.05, 3.63) is 46.2 Å². The van der Waals surface area contributed by atoms with Crippen LogP contribution in [0.3, 0.4) is 0 Å². The van der Waals surface area contributed by atoms with Gasteiger partial charge in [0.1, 0.15) is 19.3 Å². The Hall–Kier alpha value is -2.54. The van der Waals surface area contributed by atoms with Crippen LogP contribution in [0.4, 0.5) is 0 Å². The fraction of sp³-hybridized carbons (Fsp3) is 0.400. The third kappa shape index (κ3) is 4.60.